The molecule has 0 saturated carbocycles. The number of nitrogens with zero attached hydrogens (tertiary/aromatic N) is 3. The van der Waals surface area contributed by atoms with E-state index in [9.17, 15) is 13.6 Å². The van der Waals surface area contributed by atoms with E-state index in [2.05, 4.69) is 10.2 Å². The first-order valence-electron chi connectivity index (χ1n) is 9.98. The molecular weight excluding hydrogens is 370 g/mol. The van der Waals surface area contributed by atoms with Gasteiger partial charge in [0, 0.05) is 31.2 Å². The van der Waals surface area contributed by atoms with Crippen LogP contribution in [-0.2, 0) is 9.47 Å². The van der Waals surface area contributed by atoms with Crippen molar-refractivity contribution in [3.63, 3.8) is 0 Å². The third-order valence-corrected chi connectivity index (χ3v) is 5.63. The third kappa shape index (κ3) is 5.00. The summed E-state index contributed by atoms with van der Waals surface area (Å²) in [7, 11) is 0. The average Bonchev–Trinajstić information content (AvgIpc) is 3.07. The van der Waals surface area contributed by atoms with Crippen LogP contribution in [0.25, 0.3) is 0 Å². The van der Waals surface area contributed by atoms with Crippen LogP contribution in [-0.4, -0.2) is 77.6 Å². The molecule has 3 rings (SSSR count). The predicted octanol–water partition coefficient (Wildman–Crippen LogP) is 3.13. The van der Waals surface area contributed by atoms with Crippen molar-refractivity contribution >= 4 is 6.09 Å². The van der Waals surface area contributed by atoms with Crippen LogP contribution in [0.1, 0.15) is 49.8 Å². The van der Waals surface area contributed by atoms with E-state index in [1.165, 1.54) is 0 Å². The normalized spacial score (nSPS) is 26.2. The van der Waals surface area contributed by atoms with Gasteiger partial charge in [-0.1, -0.05) is 13.3 Å². The number of ether oxygens (including phenoxy) is 2. The number of aryl methyl sites for hydroxylation is 1. The van der Waals surface area contributed by atoms with E-state index < -0.39 is 12.0 Å². The molecule has 2 atom stereocenters. The van der Waals surface area contributed by atoms with Crippen molar-refractivity contribution in [2.45, 2.75) is 57.5 Å². The molecule has 0 aliphatic carbocycles. The number of nitrogens with one attached hydrogen (secondary N) is 1. The number of halogens is 2. The maximum absolute atomic E-state index is 13.1. The molecule has 28 heavy (non-hydrogen) atoms. The lowest BCUT2D eigenvalue weighted by atomic mass is 9.80. The van der Waals surface area contributed by atoms with Gasteiger partial charge in [-0.3, -0.25) is 14.9 Å². The molecule has 1 aromatic heterocycles. The molecule has 2 saturated heterocycles. The minimum atomic E-state index is -2.40. The van der Waals surface area contributed by atoms with Gasteiger partial charge in [-0.2, -0.15) is 5.10 Å². The number of hydrogen-bond donors (Lipinski definition) is 1. The number of unbranched alkanes of at least 4 members (excludes halogenated alkanes) is 1. The Kier molecular flexibility index (Phi) is 6.87. The molecule has 0 radical (unpaired) electrons. The molecule has 9 heteroatoms. The minimum absolute atomic E-state index is 0.0399. The van der Waals surface area contributed by atoms with E-state index in [-0.39, 0.29) is 25.3 Å². The number of hydrogen-bond acceptors (Lipinski definition) is 5. The number of carbonyl (C=O) groups excluding carboxylic acids is 1. The summed E-state index contributed by atoms with van der Waals surface area (Å²) in [4.78, 5) is 15.5. The zero-order valence-electron chi connectivity index (χ0n) is 16.6. The summed E-state index contributed by atoms with van der Waals surface area (Å²) in [5.74, 6) is 0.0399. The van der Waals surface area contributed by atoms with Crippen LogP contribution in [0.15, 0.2) is 6.20 Å². The number of rotatable bonds is 6. The smallest absolute Gasteiger partial charge is 0.411 e. The first-order valence-corrected chi connectivity index (χ1v) is 9.98. The van der Waals surface area contributed by atoms with Crippen LogP contribution < -0.4 is 0 Å². The fourth-order valence-corrected chi connectivity index (χ4v) is 4.17. The lowest BCUT2D eigenvalue weighted by Crippen LogP contribution is -2.58. The largest absolute Gasteiger partial charge is 0.449 e. The molecule has 7 nitrogen and oxygen atoms in total. The maximum Gasteiger partial charge on any atom is 0.411 e. The van der Waals surface area contributed by atoms with Gasteiger partial charge in [0.05, 0.1) is 24.9 Å². The summed E-state index contributed by atoms with van der Waals surface area (Å²) in [5.41, 5.74) is 1.45. The molecule has 2 aliphatic rings. The van der Waals surface area contributed by atoms with E-state index in [0.29, 0.717) is 39.1 Å². The van der Waals surface area contributed by atoms with Crippen molar-refractivity contribution in [3.05, 3.63) is 17.5 Å². The molecule has 1 aromatic rings. The predicted molar refractivity (Wildman–Crippen MR) is 99.4 cm³/mol. The summed E-state index contributed by atoms with van der Waals surface area (Å²) < 4.78 is 37.5. The number of piperidine rings is 1. The second-order valence-electron chi connectivity index (χ2n) is 7.89. The zero-order valence-corrected chi connectivity index (χ0v) is 16.6. The van der Waals surface area contributed by atoms with Crippen LogP contribution in [0.2, 0.25) is 0 Å². The SMILES string of the molecule is CCCCOC(=O)N1CCC2(CC(c3[nH]ncc3C)CN(CC(F)F)C2)OC1. The van der Waals surface area contributed by atoms with Crippen LogP contribution in [0.5, 0.6) is 0 Å². The van der Waals surface area contributed by atoms with E-state index in [0.717, 1.165) is 24.1 Å². The minimum Gasteiger partial charge on any atom is -0.449 e. The Bertz CT molecular complexity index is 647. The third-order valence-electron chi connectivity index (χ3n) is 5.63. The number of H-pyrrole nitrogens is 1. The number of aromatic amines is 1. The highest BCUT2D eigenvalue weighted by Gasteiger charge is 2.45. The second kappa shape index (κ2) is 9.17. The highest BCUT2D eigenvalue weighted by atomic mass is 19.3. The Morgan fingerprint density at radius 2 is 2.36 bits per heavy atom. The quantitative estimate of drug-likeness (QED) is 0.743. The molecule has 0 bridgehead atoms. The summed E-state index contributed by atoms with van der Waals surface area (Å²) in [6.07, 6.45) is 2.09. The number of amides is 1. The highest BCUT2D eigenvalue weighted by Crippen LogP contribution is 2.39. The van der Waals surface area contributed by atoms with Crippen LogP contribution in [0.4, 0.5) is 13.6 Å². The molecule has 2 unspecified atom stereocenters. The second-order valence-corrected chi connectivity index (χ2v) is 7.89. The summed E-state index contributed by atoms with van der Waals surface area (Å²) in [5, 5.41) is 7.11. The van der Waals surface area contributed by atoms with Crippen molar-refractivity contribution in [1.29, 1.82) is 0 Å². The number of carbonyl (C=O) groups is 1. The van der Waals surface area contributed by atoms with Crippen LogP contribution in [0, 0.1) is 6.92 Å². The monoisotopic (exact) mass is 400 g/mol. The Morgan fingerprint density at radius 3 is 2.96 bits per heavy atom. The molecule has 158 valence electrons. The summed E-state index contributed by atoms with van der Waals surface area (Å²) in [6.45, 7) is 5.74. The molecule has 1 N–H and O–H groups in total. The van der Waals surface area contributed by atoms with Gasteiger partial charge < -0.3 is 9.47 Å². The van der Waals surface area contributed by atoms with Crippen molar-refractivity contribution in [2.24, 2.45) is 0 Å². The average molecular weight is 400 g/mol. The molecular formula is C19H30F2N4O3. The Morgan fingerprint density at radius 1 is 1.54 bits per heavy atom. The van der Waals surface area contributed by atoms with E-state index in [1.54, 1.807) is 16.0 Å². The molecule has 3 heterocycles. The number of alkyl halides is 2. The lowest BCUT2D eigenvalue weighted by molar-refractivity contribution is -0.163. The van der Waals surface area contributed by atoms with E-state index in [1.807, 2.05) is 13.8 Å². The van der Waals surface area contributed by atoms with Gasteiger partial charge in [-0.05, 0) is 31.7 Å². The Balaban J connectivity index is 1.66. The number of aromatic nitrogens is 2. The summed E-state index contributed by atoms with van der Waals surface area (Å²) in [6, 6.07) is 0. The molecule has 0 aromatic carbocycles. The van der Waals surface area contributed by atoms with E-state index >= 15 is 0 Å². The van der Waals surface area contributed by atoms with Gasteiger partial charge in [-0.15, -0.1) is 0 Å². The Labute approximate surface area is 164 Å². The van der Waals surface area contributed by atoms with Gasteiger partial charge in [-0.25, -0.2) is 13.6 Å². The lowest BCUT2D eigenvalue weighted by Gasteiger charge is -2.49. The van der Waals surface area contributed by atoms with Gasteiger partial charge in [0.25, 0.3) is 6.43 Å². The molecule has 1 amide bonds. The van der Waals surface area contributed by atoms with Crippen molar-refractivity contribution in [1.82, 2.24) is 20.0 Å². The van der Waals surface area contributed by atoms with Gasteiger partial charge in [0.2, 0.25) is 0 Å². The van der Waals surface area contributed by atoms with E-state index in [4.69, 9.17) is 9.47 Å². The van der Waals surface area contributed by atoms with Crippen LogP contribution in [0.3, 0.4) is 0 Å². The van der Waals surface area contributed by atoms with Gasteiger partial charge in [0.15, 0.2) is 0 Å². The maximum atomic E-state index is 13.1. The van der Waals surface area contributed by atoms with Crippen molar-refractivity contribution in [2.75, 3.05) is 39.5 Å². The van der Waals surface area contributed by atoms with Crippen molar-refractivity contribution < 1.29 is 23.0 Å². The summed E-state index contributed by atoms with van der Waals surface area (Å²) >= 11 is 0. The Hall–Kier alpha value is -1.74. The first-order chi connectivity index (χ1) is 13.4. The highest BCUT2D eigenvalue weighted by molar-refractivity contribution is 5.67. The standard InChI is InChI=1S/C19H30F2N4O3/c1-3-4-7-27-18(26)25-6-5-19(28-13-25)8-15(17-14(2)9-22-23-17)10-24(12-19)11-16(20)21/h9,15-16H,3-8,10-13H2,1-2H3,(H,22,23). The van der Waals surface area contributed by atoms with Crippen LogP contribution >= 0.6 is 0 Å². The molecule has 2 fully saturated rings. The first kappa shape index (κ1) is 21.0. The van der Waals surface area contributed by atoms with Gasteiger partial charge in [0.1, 0.15) is 6.73 Å². The number of likely N-dealkylation sites (tertiary alicyclic amines) is 1. The zero-order chi connectivity index (χ0) is 20.1. The molecule has 2 aliphatic heterocycles. The fraction of sp³-hybridized carbons (Fsp3) is 0.789. The fourth-order valence-electron chi connectivity index (χ4n) is 4.17. The van der Waals surface area contributed by atoms with Gasteiger partial charge >= 0.3 is 6.09 Å². The van der Waals surface area contributed by atoms with Crippen molar-refractivity contribution in [3.8, 4) is 0 Å². The molecule has 1 spiro atoms. The topological polar surface area (TPSA) is 70.7 Å².